The first-order valence-corrected chi connectivity index (χ1v) is 5.77. The van der Waals surface area contributed by atoms with Crippen LogP contribution in [0.1, 0.15) is 17.5 Å². The van der Waals surface area contributed by atoms with Crippen LogP contribution in [0.5, 0.6) is 0 Å². The van der Waals surface area contributed by atoms with Crippen molar-refractivity contribution in [2.75, 3.05) is 13.7 Å². The van der Waals surface area contributed by atoms with Crippen LogP contribution in [0, 0.1) is 0 Å². The summed E-state index contributed by atoms with van der Waals surface area (Å²) in [5.74, 6) is -0.461. The molecule has 98 valence electrons. The highest BCUT2D eigenvalue weighted by molar-refractivity contribution is 5.79. The third kappa shape index (κ3) is 4.55. The Hall–Kier alpha value is -1.88. The molecule has 0 aliphatic carbocycles. The largest absolute Gasteiger partial charge is 0.469 e. The zero-order valence-corrected chi connectivity index (χ0v) is 10.4. The molecule has 0 saturated carbocycles. The van der Waals surface area contributed by atoms with Gasteiger partial charge in [0.2, 0.25) is 5.91 Å². The zero-order valence-electron chi connectivity index (χ0n) is 10.4. The van der Waals surface area contributed by atoms with E-state index in [1.54, 1.807) is 0 Å². The highest BCUT2D eigenvalue weighted by Gasteiger charge is 2.07. The number of hydrogen-bond donors (Lipinski definition) is 2. The summed E-state index contributed by atoms with van der Waals surface area (Å²) in [7, 11) is 1.32. The second kappa shape index (κ2) is 7.45. The summed E-state index contributed by atoms with van der Waals surface area (Å²) in [6, 6.07) is 7.54. The highest BCUT2D eigenvalue weighted by Crippen LogP contribution is 2.08. The number of benzene rings is 1. The van der Waals surface area contributed by atoms with Crippen molar-refractivity contribution >= 4 is 11.9 Å². The number of rotatable bonds is 6. The molecule has 1 amide bonds. The molecule has 1 rings (SSSR count). The van der Waals surface area contributed by atoms with Crippen molar-refractivity contribution in [3.8, 4) is 0 Å². The first-order valence-electron chi connectivity index (χ1n) is 5.77. The Bertz CT molecular complexity index is 418. The van der Waals surface area contributed by atoms with Crippen LogP contribution in [-0.4, -0.2) is 25.5 Å². The Balaban J connectivity index is 2.42. The van der Waals surface area contributed by atoms with E-state index in [0.717, 1.165) is 11.1 Å². The number of nitrogens with two attached hydrogens (primary N) is 1. The van der Waals surface area contributed by atoms with E-state index in [1.165, 1.54) is 7.11 Å². The fourth-order valence-corrected chi connectivity index (χ4v) is 1.57. The summed E-state index contributed by atoms with van der Waals surface area (Å²) in [5, 5.41) is 2.67. The quantitative estimate of drug-likeness (QED) is 0.715. The summed E-state index contributed by atoms with van der Waals surface area (Å²) in [4.78, 5) is 22.5. The summed E-state index contributed by atoms with van der Waals surface area (Å²) in [5.41, 5.74) is 7.46. The lowest BCUT2D eigenvalue weighted by atomic mass is 10.0. The normalized spacial score (nSPS) is 9.89. The molecule has 0 fully saturated rings. The molecular formula is C13H18N2O3. The Morgan fingerprint density at radius 2 is 1.94 bits per heavy atom. The lowest BCUT2D eigenvalue weighted by molar-refractivity contribution is -0.140. The van der Waals surface area contributed by atoms with Gasteiger partial charge in [-0.15, -0.1) is 0 Å². The Kier molecular flexibility index (Phi) is 5.87. The summed E-state index contributed by atoms with van der Waals surface area (Å²) >= 11 is 0. The molecule has 0 saturated heterocycles. The third-order valence-electron chi connectivity index (χ3n) is 2.57. The van der Waals surface area contributed by atoms with Crippen LogP contribution in [0.3, 0.4) is 0 Å². The molecule has 18 heavy (non-hydrogen) atoms. The standard InChI is InChI=1S/C13H18N2O3/c1-18-13(17)6-7-15-12(16)8-10-4-2-3-5-11(10)9-14/h2-5H,6-9,14H2,1H3,(H,15,16). The average molecular weight is 250 g/mol. The zero-order chi connectivity index (χ0) is 13.4. The van der Waals surface area contributed by atoms with Gasteiger partial charge in [-0.1, -0.05) is 24.3 Å². The maximum atomic E-state index is 11.6. The molecule has 0 aliphatic rings. The van der Waals surface area contributed by atoms with Gasteiger partial charge in [0, 0.05) is 13.1 Å². The molecule has 0 heterocycles. The van der Waals surface area contributed by atoms with Gasteiger partial charge in [-0.05, 0) is 11.1 Å². The number of nitrogens with one attached hydrogen (secondary N) is 1. The van der Waals surface area contributed by atoms with E-state index in [4.69, 9.17) is 5.73 Å². The number of amides is 1. The van der Waals surface area contributed by atoms with Crippen molar-refractivity contribution in [2.45, 2.75) is 19.4 Å². The van der Waals surface area contributed by atoms with E-state index < -0.39 is 0 Å². The van der Waals surface area contributed by atoms with Gasteiger partial charge in [-0.3, -0.25) is 9.59 Å². The predicted molar refractivity (Wildman–Crippen MR) is 67.7 cm³/mol. The fourth-order valence-electron chi connectivity index (χ4n) is 1.57. The molecule has 1 aromatic carbocycles. The molecule has 0 unspecified atom stereocenters. The van der Waals surface area contributed by atoms with Crippen LogP contribution in [0.15, 0.2) is 24.3 Å². The number of hydrogen-bond acceptors (Lipinski definition) is 4. The van der Waals surface area contributed by atoms with E-state index in [2.05, 4.69) is 10.1 Å². The van der Waals surface area contributed by atoms with Crippen molar-refractivity contribution in [3.63, 3.8) is 0 Å². The maximum Gasteiger partial charge on any atom is 0.307 e. The lowest BCUT2D eigenvalue weighted by Gasteiger charge is -2.08. The van der Waals surface area contributed by atoms with Crippen molar-refractivity contribution in [1.82, 2.24) is 5.32 Å². The molecule has 0 bridgehead atoms. The van der Waals surface area contributed by atoms with E-state index >= 15 is 0 Å². The number of esters is 1. The van der Waals surface area contributed by atoms with Crippen molar-refractivity contribution in [2.24, 2.45) is 5.73 Å². The van der Waals surface area contributed by atoms with Gasteiger partial charge >= 0.3 is 5.97 Å². The van der Waals surface area contributed by atoms with Crippen LogP contribution in [0.25, 0.3) is 0 Å². The third-order valence-corrected chi connectivity index (χ3v) is 2.57. The SMILES string of the molecule is COC(=O)CCNC(=O)Cc1ccccc1CN. The van der Waals surface area contributed by atoms with Gasteiger partial charge in [0.05, 0.1) is 20.0 Å². The van der Waals surface area contributed by atoms with Crippen molar-refractivity contribution in [3.05, 3.63) is 35.4 Å². The Morgan fingerprint density at radius 1 is 1.28 bits per heavy atom. The second-order valence-electron chi connectivity index (χ2n) is 3.83. The first-order chi connectivity index (χ1) is 8.67. The minimum absolute atomic E-state index is 0.125. The molecule has 0 aliphatic heterocycles. The fraction of sp³-hybridized carbons (Fsp3) is 0.385. The predicted octanol–water partition coefficient (Wildman–Crippen LogP) is 0.367. The van der Waals surface area contributed by atoms with Crippen molar-refractivity contribution < 1.29 is 14.3 Å². The van der Waals surface area contributed by atoms with E-state index in [-0.39, 0.29) is 31.3 Å². The Labute approximate surface area is 106 Å². The number of carbonyl (C=O) groups excluding carboxylic acids is 2. The van der Waals surface area contributed by atoms with Gasteiger partial charge in [0.1, 0.15) is 0 Å². The van der Waals surface area contributed by atoms with Crippen LogP contribution in [0.4, 0.5) is 0 Å². The minimum Gasteiger partial charge on any atom is -0.469 e. The lowest BCUT2D eigenvalue weighted by Crippen LogP contribution is -2.28. The van der Waals surface area contributed by atoms with Crippen LogP contribution >= 0.6 is 0 Å². The molecule has 3 N–H and O–H groups in total. The maximum absolute atomic E-state index is 11.6. The molecular weight excluding hydrogens is 232 g/mol. The van der Waals surface area contributed by atoms with Gasteiger partial charge < -0.3 is 15.8 Å². The molecule has 0 spiro atoms. The first kappa shape index (κ1) is 14.2. The monoisotopic (exact) mass is 250 g/mol. The molecule has 1 aromatic rings. The second-order valence-corrected chi connectivity index (χ2v) is 3.83. The van der Waals surface area contributed by atoms with E-state index in [0.29, 0.717) is 6.54 Å². The smallest absolute Gasteiger partial charge is 0.307 e. The molecule has 0 aromatic heterocycles. The molecule has 5 nitrogen and oxygen atoms in total. The summed E-state index contributed by atoms with van der Waals surface area (Å²) in [6.07, 6.45) is 0.454. The van der Waals surface area contributed by atoms with Gasteiger partial charge in [0.15, 0.2) is 0 Å². The highest BCUT2D eigenvalue weighted by atomic mass is 16.5. The number of ether oxygens (including phenoxy) is 1. The van der Waals surface area contributed by atoms with E-state index in [1.807, 2.05) is 24.3 Å². The average Bonchev–Trinajstić information content (AvgIpc) is 2.39. The van der Waals surface area contributed by atoms with Crippen LogP contribution in [0.2, 0.25) is 0 Å². The van der Waals surface area contributed by atoms with Crippen molar-refractivity contribution in [1.29, 1.82) is 0 Å². The van der Waals surface area contributed by atoms with E-state index in [9.17, 15) is 9.59 Å². The Morgan fingerprint density at radius 3 is 2.56 bits per heavy atom. The van der Waals surface area contributed by atoms with Crippen LogP contribution < -0.4 is 11.1 Å². The van der Waals surface area contributed by atoms with Gasteiger partial charge in [-0.2, -0.15) is 0 Å². The molecule has 0 atom stereocenters. The number of carbonyl (C=O) groups is 2. The van der Waals surface area contributed by atoms with Gasteiger partial charge in [-0.25, -0.2) is 0 Å². The molecule has 0 radical (unpaired) electrons. The summed E-state index contributed by atoms with van der Waals surface area (Å²) in [6.45, 7) is 0.696. The van der Waals surface area contributed by atoms with Gasteiger partial charge in [0.25, 0.3) is 0 Å². The minimum atomic E-state index is -0.336. The summed E-state index contributed by atoms with van der Waals surface area (Å²) < 4.78 is 4.48. The topological polar surface area (TPSA) is 81.4 Å². The number of methoxy groups -OCH3 is 1. The van der Waals surface area contributed by atoms with Crippen LogP contribution in [-0.2, 0) is 27.3 Å². The molecule has 5 heteroatoms.